The van der Waals surface area contributed by atoms with Crippen molar-refractivity contribution >= 4 is 22.5 Å². The zero-order chi connectivity index (χ0) is 16.0. The van der Waals surface area contributed by atoms with E-state index in [1.165, 1.54) is 0 Å². The molecule has 0 aliphatic rings. The van der Waals surface area contributed by atoms with Gasteiger partial charge in [-0.15, -0.1) is 5.10 Å². The van der Waals surface area contributed by atoms with Crippen LogP contribution in [0.25, 0.3) is 16.7 Å². The van der Waals surface area contributed by atoms with E-state index in [0.717, 1.165) is 27.9 Å². The Morgan fingerprint density at radius 2 is 2.00 bits per heavy atom. The van der Waals surface area contributed by atoms with E-state index in [2.05, 4.69) is 15.3 Å². The molecular formula is C17H15N5O. The summed E-state index contributed by atoms with van der Waals surface area (Å²) in [7, 11) is 0. The van der Waals surface area contributed by atoms with Crippen molar-refractivity contribution in [2.75, 3.05) is 0 Å². The van der Waals surface area contributed by atoms with Crippen molar-refractivity contribution in [2.45, 2.75) is 20.4 Å². The normalized spacial score (nSPS) is 11.4. The van der Waals surface area contributed by atoms with Crippen molar-refractivity contribution in [1.29, 1.82) is 0 Å². The molecule has 0 amide bonds. The number of nitrogens with zero attached hydrogens (tertiary/aromatic N) is 5. The van der Waals surface area contributed by atoms with Gasteiger partial charge in [0.15, 0.2) is 0 Å². The second-order valence-corrected chi connectivity index (χ2v) is 5.64. The molecule has 6 heteroatoms. The summed E-state index contributed by atoms with van der Waals surface area (Å²) in [6.45, 7) is 4.01. The van der Waals surface area contributed by atoms with Crippen LogP contribution in [-0.2, 0) is 6.54 Å². The number of hydrogen-bond donors (Lipinski definition) is 0. The predicted octanol–water partition coefficient (Wildman–Crippen LogP) is 2.58. The standard InChI is InChI=1S/C17H15N5O/c1-11-7-8-21-16(9-11)18-12(2)17(21)15(23)10-22-14-6-4-3-5-13(14)19-20-22/h3-9H,10H2,1-2H3. The number of pyridine rings is 1. The molecule has 1 aromatic carbocycles. The van der Waals surface area contributed by atoms with Gasteiger partial charge in [-0.25, -0.2) is 9.67 Å². The number of Topliss-reactive ketones (excluding diaryl/α,β-unsaturated/α-hetero) is 1. The van der Waals surface area contributed by atoms with Gasteiger partial charge in [-0.1, -0.05) is 17.3 Å². The van der Waals surface area contributed by atoms with Crippen LogP contribution in [0.4, 0.5) is 0 Å². The summed E-state index contributed by atoms with van der Waals surface area (Å²) in [5.41, 5.74) is 4.86. The number of aromatic nitrogens is 5. The molecule has 0 saturated carbocycles. The van der Waals surface area contributed by atoms with Crippen LogP contribution in [0, 0.1) is 13.8 Å². The lowest BCUT2D eigenvalue weighted by Crippen LogP contribution is -2.14. The fourth-order valence-corrected chi connectivity index (χ4v) is 2.85. The highest BCUT2D eigenvalue weighted by atomic mass is 16.1. The highest BCUT2D eigenvalue weighted by molar-refractivity contribution is 5.97. The van der Waals surface area contributed by atoms with Crippen molar-refractivity contribution in [3.63, 3.8) is 0 Å². The molecular weight excluding hydrogens is 290 g/mol. The third-order valence-electron chi connectivity index (χ3n) is 3.93. The maximum absolute atomic E-state index is 12.8. The average molecular weight is 305 g/mol. The maximum Gasteiger partial charge on any atom is 0.202 e. The topological polar surface area (TPSA) is 65.1 Å². The SMILES string of the molecule is Cc1ccn2c(C(=O)Cn3nnc4ccccc43)c(C)nc2c1. The minimum Gasteiger partial charge on any atom is -0.297 e. The highest BCUT2D eigenvalue weighted by Crippen LogP contribution is 2.16. The fraction of sp³-hybridized carbons (Fsp3) is 0.176. The molecule has 0 spiro atoms. The predicted molar refractivity (Wildman–Crippen MR) is 86.5 cm³/mol. The van der Waals surface area contributed by atoms with E-state index in [-0.39, 0.29) is 12.3 Å². The van der Waals surface area contributed by atoms with Crippen molar-refractivity contribution < 1.29 is 4.79 Å². The van der Waals surface area contributed by atoms with E-state index in [1.807, 2.05) is 60.8 Å². The van der Waals surface area contributed by atoms with Gasteiger partial charge in [-0.3, -0.25) is 9.20 Å². The molecule has 0 bridgehead atoms. The van der Waals surface area contributed by atoms with Crippen LogP contribution in [-0.4, -0.2) is 30.2 Å². The number of benzene rings is 1. The van der Waals surface area contributed by atoms with E-state index in [4.69, 9.17) is 0 Å². The number of carbonyl (C=O) groups excluding carboxylic acids is 1. The van der Waals surface area contributed by atoms with Crippen LogP contribution in [0.5, 0.6) is 0 Å². The van der Waals surface area contributed by atoms with Gasteiger partial charge in [-0.2, -0.15) is 0 Å². The van der Waals surface area contributed by atoms with E-state index < -0.39 is 0 Å². The monoisotopic (exact) mass is 305 g/mol. The Kier molecular flexibility index (Phi) is 2.97. The first-order valence-corrected chi connectivity index (χ1v) is 7.40. The van der Waals surface area contributed by atoms with Crippen molar-refractivity contribution in [3.8, 4) is 0 Å². The zero-order valence-corrected chi connectivity index (χ0v) is 12.9. The van der Waals surface area contributed by atoms with E-state index in [9.17, 15) is 4.79 Å². The van der Waals surface area contributed by atoms with Crippen LogP contribution in [0.2, 0.25) is 0 Å². The quantitative estimate of drug-likeness (QED) is 0.546. The molecule has 0 fully saturated rings. The van der Waals surface area contributed by atoms with Gasteiger partial charge in [0.2, 0.25) is 5.78 Å². The molecule has 0 aliphatic heterocycles. The molecule has 4 aromatic rings. The second-order valence-electron chi connectivity index (χ2n) is 5.64. The molecule has 0 atom stereocenters. The van der Waals surface area contributed by atoms with Gasteiger partial charge in [0, 0.05) is 6.20 Å². The number of rotatable bonds is 3. The van der Waals surface area contributed by atoms with E-state index in [1.54, 1.807) is 4.68 Å². The Labute approximate surface area is 132 Å². The lowest BCUT2D eigenvalue weighted by molar-refractivity contribution is 0.0962. The maximum atomic E-state index is 12.8. The molecule has 23 heavy (non-hydrogen) atoms. The summed E-state index contributed by atoms with van der Waals surface area (Å²) in [5.74, 6) is -0.0329. The van der Waals surface area contributed by atoms with Crippen molar-refractivity contribution in [2.24, 2.45) is 0 Å². The van der Waals surface area contributed by atoms with Crippen molar-refractivity contribution in [3.05, 3.63) is 59.5 Å². The summed E-state index contributed by atoms with van der Waals surface area (Å²) in [6, 6.07) is 11.5. The van der Waals surface area contributed by atoms with Gasteiger partial charge in [0.25, 0.3) is 0 Å². The first-order valence-electron chi connectivity index (χ1n) is 7.40. The minimum atomic E-state index is -0.0329. The molecule has 0 unspecified atom stereocenters. The molecule has 0 N–H and O–H groups in total. The van der Waals surface area contributed by atoms with Gasteiger partial charge in [0.1, 0.15) is 23.4 Å². The third-order valence-corrected chi connectivity index (χ3v) is 3.93. The lowest BCUT2D eigenvalue weighted by atomic mass is 10.2. The molecule has 3 aromatic heterocycles. The number of aryl methyl sites for hydroxylation is 2. The Morgan fingerprint density at radius 1 is 1.17 bits per heavy atom. The number of ketones is 1. The molecule has 114 valence electrons. The molecule has 0 aliphatic carbocycles. The Morgan fingerprint density at radius 3 is 2.87 bits per heavy atom. The van der Waals surface area contributed by atoms with Crippen LogP contribution >= 0.6 is 0 Å². The first-order chi connectivity index (χ1) is 11.1. The molecule has 6 nitrogen and oxygen atoms in total. The molecule has 3 heterocycles. The summed E-state index contributed by atoms with van der Waals surface area (Å²) >= 11 is 0. The number of carbonyl (C=O) groups is 1. The van der Waals surface area contributed by atoms with Gasteiger partial charge in [-0.05, 0) is 43.7 Å². The Bertz CT molecular complexity index is 1040. The number of imidazole rings is 1. The first kappa shape index (κ1) is 13.6. The molecule has 0 saturated heterocycles. The second kappa shape index (κ2) is 5.01. The smallest absolute Gasteiger partial charge is 0.202 e. The largest absolute Gasteiger partial charge is 0.297 e. The summed E-state index contributed by atoms with van der Waals surface area (Å²) in [4.78, 5) is 17.3. The fourth-order valence-electron chi connectivity index (χ4n) is 2.85. The lowest BCUT2D eigenvalue weighted by Gasteiger charge is -2.04. The van der Waals surface area contributed by atoms with Gasteiger partial charge >= 0.3 is 0 Å². The van der Waals surface area contributed by atoms with Crippen molar-refractivity contribution in [1.82, 2.24) is 24.4 Å². The molecule has 4 rings (SSSR count). The minimum absolute atomic E-state index is 0.0329. The van der Waals surface area contributed by atoms with E-state index >= 15 is 0 Å². The number of fused-ring (bicyclic) bond motifs is 2. The van der Waals surface area contributed by atoms with E-state index in [0.29, 0.717) is 5.69 Å². The Hall–Kier alpha value is -3.02. The average Bonchev–Trinajstić information content (AvgIpc) is 3.07. The van der Waals surface area contributed by atoms with Gasteiger partial charge in [0.05, 0.1) is 11.2 Å². The van der Waals surface area contributed by atoms with Crippen LogP contribution in [0.15, 0.2) is 42.6 Å². The number of para-hydroxylation sites is 1. The van der Waals surface area contributed by atoms with Crippen LogP contribution < -0.4 is 0 Å². The van der Waals surface area contributed by atoms with Crippen LogP contribution in [0.3, 0.4) is 0 Å². The van der Waals surface area contributed by atoms with Crippen LogP contribution in [0.1, 0.15) is 21.7 Å². The highest BCUT2D eigenvalue weighted by Gasteiger charge is 2.18. The summed E-state index contributed by atoms with van der Waals surface area (Å²) in [6.07, 6.45) is 1.89. The summed E-state index contributed by atoms with van der Waals surface area (Å²) < 4.78 is 3.47. The third kappa shape index (κ3) is 2.19. The van der Waals surface area contributed by atoms with Gasteiger partial charge < -0.3 is 0 Å². The zero-order valence-electron chi connectivity index (χ0n) is 12.9. The Balaban J connectivity index is 1.76. The summed E-state index contributed by atoms with van der Waals surface area (Å²) in [5, 5.41) is 8.17. The number of hydrogen-bond acceptors (Lipinski definition) is 4. The molecule has 0 radical (unpaired) electrons.